The predicted molar refractivity (Wildman–Crippen MR) is 117 cm³/mol. The zero-order valence-electron chi connectivity index (χ0n) is 17.1. The number of carbonyl (C=O) groups is 1. The van der Waals surface area contributed by atoms with Crippen LogP contribution in [0, 0.1) is 0 Å². The first-order valence-corrected chi connectivity index (χ1v) is 10.5. The summed E-state index contributed by atoms with van der Waals surface area (Å²) in [7, 11) is 3.51. The number of rotatable bonds is 8. The Morgan fingerprint density at radius 2 is 1.94 bits per heavy atom. The Labute approximate surface area is 183 Å². The van der Waals surface area contributed by atoms with E-state index < -0.39 is 0 Å². The van der Waals surface area contributed by atoms with Crippen LogP contribution in [0.5, 0.6) is 5.75 Å². The van der Waals surface area contributed by atoms with Gasteiger partial charge in [0.1, 0.15) is 17.6 Å². The minimum atomic E-state index is -0.355. The molecule has 1 N–H and O–H groups in total. The molecular formula is C22H21N5O3S. The van der Waals surface area contributed by atoms with Crippen molar-refractivity contribution in [2.45, 2.75) is 11.3 Å². The lowest BCUT2D eigenvalue weighted by Crippen LogP contribution is -2.32. The number of hydrogen-bond donors (Lipinski definition) is 1. The van der Waals surface area contributed by atoms with Crippen molar-refractivity contribution < 1.29 is 13.9 Å². The number of nitrogens with zero attached hydrogens (tertiary/aromatic N) is 4. The van der Waals surface area contributed by atoms with Gasteiger partial charge >= 0.3 is 0 Å². The molecule has 0 saturated heterocycles. The van der Waals surface area contributed by atoms with Gasteiger partial charge in [0.05, 0.1) is 12.9 Å². The highest BCUT2D eigenvalue weighted by molar-refractivity contribution is 7.99. The molecule has 0 fully saturated rings. The number of benzene rings is 2. The lowest BCUT2D eigenvalue weighted by molar-refractivity contribution is -0.119. The summed E-state index contributed by atoms with van der Waals surface area (Å²) in [6.07, 6.45) is 3.57. The van der Waals surface area contributed by atoms with Crippen LogP contribution in [0.3, 0.4) is 0 Å². The minimum absolute atomic E-state index is 0.137. The van der Waals surface area contributed by atoms with Crippen LogP contribution in [0.4, 0.5) is 0 Å². The lowest BCUT2D eigenvalue weighted by atomic mass is 10.1. The lowest BCUT2D eigenvalue weighted by Gasteiger charge is -2.19. The Hall–Kier alpha value is -3.59. The van der Waals surface area contributed by atoms with Crippen LogP contribution in [-0.4, -0.2) is 38.5 Å². The van der Waals surface area contributed by atoms with Gasteiger partial charge in [-0.2, -0.15) is 0 Å². The van der Waals surface area contributed by atoms with E-state index in [0.717, 1.165) is 22.7 Å². The van der Waals surface area contributed by atoms with Crippen molar-refractivity contribution in [1.29, 1.82) is 0 Å². The third-order valence-corrected chi connectivity index (χ3v) is 5.44. The smallest absolute Gasteiger partial charge is 0.277 e. The third kappa shape index (κ3) is 4.95. The molecule has 1 amide bonds. The Kier molecular flexibility index (Phi) is 6.32. The molecule has 1 atom stereocenters. The standard InChI is InChI=1S/C22H21N5O3S/c1-27-13-12-23-20(27)19(15-6-4-3-5-7-15)24-18(28)14-31-22-26-25-21(30-22)16-8-10-17(29-2)11-9-16/h3-13,19H,14H2,1-2H3,(H,24,28)/t19-/m0/s1. The second-order valence-electron chi connectivity index (χ2n) is 6.70. The molecule has 9 heteroatoms. The van der Waals surface area contributed by atoms with Gasteiger partial charge in [-0.05, 0) is 29.8 Å². The normalized spacial score (nSPS) is 11.8. The van der Waals surface area contributed by atoms with Crippen molar-refractivity contribution in [2.24, 2.45) is 7.05 Å². The van der Waals surface area contributed by atoms with Gasteiger partial charge in [-0.1, -0.05) is 42.1 Å². The summed E-state index contributed by atoms with van der Waals surface area (Å²) in [5.74, 6) is 1.86. The summed E-state index contributed by atoms with van der Waals surface area (Å²) in [5, 5.41) is 11.5. The van der Waals surface area contributed by atoms with Gasteiger partial charge < -0.3 is 19.0 Å². The number of aromatic nitrogens is 4. The van der Waals surface area contributed by atoms with Crippen molar-refractivity contribution in [2.75, 3.05) is 12.9 Å². The van der Waals surface area contributed by atoms with Gasteiger partial charge in [-0.15, -0.1) is 10.2 Å². The van der Waals surface area contributed by atoms with Crippen LogP contribution in [0.15, 0.2) is 76.6 Å². The Morgan fingerprint density at radius 3 is 2.61 bits per heavy atom. The van der Waals surface area contributed by atoms with Crippen LogP contribution < -0.4 is 10.1 Å². The zero-order chi connectivity index (χ0) is 21.6. The van der Waals surface area contributed by atoms with Gasteiger partial charge in [0, 0.05) is 25.0 Å². The monoisotopic (exact) mass is 435 g/mol. The van der Waals surface area contributed by atoms with E-state index >= 15 is 0 Å². The van der Waals surface area contributed by atoms with Gasteiger partial charge in [0.25, 0.3) is 5.22 Å². The Balaban J connectivity index is 1.41. The maximum absolute atomic E-state index is 12.7. The van der Waals surface area contributed by atoms with E-state index in [4.69, 9.17) is 9.15 Å². The molecule has 8 nitrogen and oxygen atoms in total. The van der Waals surface area contributed by atoms with E-state index in [0.29, 0.717) is 11.1 Å². The van der Waals surface area contributed by atoms with E-state index in [2.05, 4.69) is 20.5 Å². The molecule has 2 aromatic carbocycles. The molecule has 2 heterocycles. The number of carbonyl (C=O) groups excluding carboxylic acids is 1. The number of thioether (sulfide) groups is 1. The maximum atomic E-state index is 12.7. The molecule has 4 aromatic rings. The van der Waals surface area contributed by atoms with Crippen molar-refractivity contribution in [3.8, 4) is 17.2 Å². The number of nitrogens with one attached hydrogen (secondary N) is 1. The van der Waals surface area contributed by atoms with Gasteiger partial charge in [-0.3, -0.25) is 4.79 Å². The van der Waals surface area contributed by atoms with Crippen LogP contribution >= 0.6 is 11.8 Å². The molecule has 0 aliphatic rings. The number of amides is 1. The summed E-state index contributed by atoms with van der Waals surface area (Å²) >= 11 is 1.19. The van der Waals surface area contributed by atoms with Crippen molar-refractivity contribution in [3.05, 3.63) is 78.4 Å². The molecule has 0 radical (unpaired) electrons. The van der Waals surface area contributed by atoms with Crippen molar-refractivity contribution in [3.63, 3.8) is 0 Å². The number of imidazole rings is 1. The van der Waals surface area contributed by atoms with Gasteiger partial charge in [-0.25, -0.2) is 4.98 Å². The molecule has 4 rings (SSSR count). The van der Waals surface area contributed by atoms with E-state index in [-0.39, 0.29) is 17.7 Å². The van der Waals surface area contributed by atoms with E-state index in [9.17, 15) is 4.79 Å². The van der Waals surface area contributed by atoms with Crippen LogP contribution in [-0.2, 0) is 11.8 Å². The summed E-state index contributed by atoms with van der Waals surface area (Å²) in [6, 6.07) is 16.7. The molecule has 0 saturated carbocycles. The fourth-order valence-electron chi connectivity index (χ4n) is 3.05. The minimum Gasteiger partial charge on any atom is -0.497 e. The SMILES string of the molecule is COc1ccc(-c2nnc(SCC(=O)N[C@@H](c3ccccc3)c3nccn3C)o2)cc1. The summed E-state index contributed by atoms with van der Waals surface area (Å²) in [4.78, 5) is 17.1. The molecular weight excluding hydrogens is 414 g/mol. The van der Waals surface area contributed by atoms with E-state index in [1.54, 1.807) is 13.3 Å². The summed E-state index contributed by atoms with van der Waals surface area (Å²) in [5.41, 5.74) is 1.73. The first-order valence-electron chi connectivity index (χ1n) is 9.56. The zero-order valence-corrected chi connectivity index (χ0v) is 17.9. The average Bonchev–Trinajstić information content (AvgIpc) is 3.46. The number of ether oxygens (including phenoxy) is 1. The highest BCUT2D eigenvalue weighted by Crippen LogP contribution is 2.25. The summed E-state index contributed by atoms with van der Waals surface area (Å²) < 4.78 is 12.7. The third-order valence-electron chi connectivity index (χ3n) is 4.63. The molecule has 0 unspecified atom stereocenters. The van der Waals surface area contributed by atoms with E-state index in [1.165, 1.54) is 11.8 Å². The van der Waals surface area contributed by atoms with Crippen molar-refractivity contribution in [1.82, 2.24) is 25.1 Å². The fourth-order valence-corrected chi connectivity index (χ4v) is 3.62. The van der Waals surface area contributed by atoms with Gasteiger partial charge in [0.2, 0.25) is 11.8 Å². The highest BCUT2D eigenvalue weighted by Gasteiger charge is 2.21. The van der Waals surface area contributed by atoms with Gasteiger partial charge in [0.15, 0.2) is 0 Å². The summed E-state index contributed by atoms with van der Waals surface area (Å²) in [6.45, 7) is 0. The average molecular weight is 436 g/mol. The number of hydrogen-bond acceptors (Lipinski definition) is 7. The van der Waals surface area contributed by atoms with E-state index in [1.807, 2.05) is 72.4 Å². The molecule has 2 aromatic heterocycles. The first kappa shape index (κ1) is 20.7. The van der Waals surface area contributed by atoms with Crippen LogP contribution in [0.2, 0.25) is 0 Å². The molecule has 158 valence electrons. The van der Waals surface area contributed by atoms with Crippen LogP contribution in [0.1, 0.15) is 17.4 Å². The maximum Gasteiger partial charge on any atom is 0.277 e. The predicted octanol–water partition coefficient (Wildman–Crippen LogP) is 3.48. The second kappa shape index (κ2) is 9.48. The molecule has 0 aliphatic carbocycles. The molecule has 0 spiro atoms. The van der Waals surface area contributed by atoms with Crippen LogP contribution in [0.25, 0.3) is 11.5 Å². The fraction of sp³-hybridized carbons (Fsp3) is 0.182. The molecule has 0 bridgehead atoms. The number of methoxy groups -OCH3 is 1. The second-order valence-corrected chi connectivity index (χ2v) is 7.62. The van der Waals surface area contributed by atoms with Crippen molar-refractivity contribution >= 4 is 17.7 Å². The number of aryl methyl sites for hydroxylation is 1. The quantitative estimate of drug-likeness (QED) is 0.423. The largest absolute Gasteiger partial charge is 0.497 e. The topological polar surface area (TPSA) is 95.1 Å². The molecule has 31 heavy (non-hydrogen) atoms. The Morgan fingerprint density at radius 1 is 1.16 bits per heavy atom. The first-order chi connectivity index (χ1) is 15.1. The molecule has 0 aliphatic heterocycles. The highest BCUT2D eigenvalue weighted by atomic mass is 32.2. The Bertz CT molecular complexity index is 1140.